The number of hydrogen-bond acceptors (Lipinski definition) is 6. The van der Waals surface area contributed by atoms with Crippen LogP contribution in [0.1, 0.15) is 42.2 Å². The highest BCUT2D eigenvalue weighted by Crippen LogP contribution is 2.32. The Morgan fingerprint density at radius 1 is 1.07 bits per heavy atom. The van der Waals surface area contributed by atoms with E-state index in [4.69, 9.17) is 26.8 Å². The minimum Gasteiger partial charge on any atom is -0.496 e. The molecule has 0 aliphatic heterocycles. The number of primary amides is 1. The number of hydrogen-bond donors (Lipinski definition) is 3. The molecule has 0 fully saturated rings. The van der Waals surface area contributed by atoms with E-state index in [1.54, 1.807) is 37.3 Å². The molecule has 3 aromatic rings. The van der Waals surface area contributed by atoms with Crippen LogP contribution >= 0.6 is 11.6 Å². The standard InChI is InChI=1S/C30H33ClN4O6/c1-3-41-29(38)18-12-22(11-16-27(32)36)35(28(37)17-9-20-7-5-4-6-8-20)34-30(39)25-14-13-24(33-25)23-19-21(31)10-15-26(23)40-2/h4-8,10,12-15,18-19,22,33H,3,9,11,16-17H2,1-2H3,(H2,32,36)(H,34,39)/t22-/m0/s1. The van der Waals surface area contributed by atoms with E-state index in [0.29, 0.717) is 28.5 Å². The first-order valence-electron chi connectivity index (χ1n) is 13.0. The van der Waals surface area contributed by atoms with Gasteiger partial charge in [0.25, 0.3) is 5.91 Å². The molecule has 0 saturated carbocycles. The SMILES string of the molecule is CCOC(=O)C=C[C@H](CCC(N)=O)N(NC(=O)c1ccc(-c2cc(Cl)ccc2OC)[nH]1)C(=O)CCc1ccccc1. The number of nitrogens with one attached hydrogen (secondary N) is 2. The molecule has 41 heavy (non-hydrogen) atoms. The summed E-state index contributed by atoms with van der Waals surface area (Å²) >= 11 is 6.16. The number of halogens is 1. The highest BCUT2D eigenvalue weighted by Gasteiger charge is 2.26. The number of hydrazine groups is 1. The lowest BCUT2D eigenvalue weighted by Crippen LogP contribution is -2.51. The molecule has 0 unspecified atom stereocenters. The number of amides is 3. The van der Waals surface area contributed by atoms with E-state index in [2.05, 4.69) is 10.4 Å². The second-order valence-electron chi connectivity index (χ2n) is 9.00. The largest absolute Gasteiger partial charge is 0.496 e. The van der Waals surface area contributed by atoms with Crippen LogP contribution in [0.5, 0.6) is 5.75 Å². The summed E-state index contributed by atoms with van der Waals surface area (Å²) in [5, 5.41) is 1.62. The molecule has 1 atom stereocenters. The number of H-pyrrole nitrogens is 1. The summed E-state index contributed by atoms with van der Waals surface area (Å²) in [6.45, 7) is 1.83. The van der Waals surface area contributed by atoms with Crippen molar-refractivity contribution in [1.29, 1.82) is 0 Å². The van der Waals surface area contributed by atoms with Crippen molar-refractivity contribution in [3.8, 4) is 17.0 Å². The number of benzene rings is 2. The molecule has 11 heteroatoms. The van der Waals surface area contributed by atoms with Gasteiger partial charge in [-0.1, -0.05) is 48.0 Å². The highest BCUT2D eigenvalue weighted by atomic mass is 35.5. The highest BCUT2D eigenvalue weighted by molar-refractivity contribution is 6.31. The Labute approximate surface area is 243 Å². The van der Waals surface area contributed by atoms with Crippen LogP contribution in [0.15, 0.2) is 72.8 Å². The number of carbonyl (C=O) groups is 4. The Morgan fingerprint density at radius 3 is 2.51 bits per heavy atom. The minimum absolute atomic E-state index is 0.0559. The van der Waals surface area contributed by atoms with Crippen molar-refractivity contribution in [2.75, 3.05) is 13.7 Å². The summed E-state index contributed by atoms with van der Waals surface area (Å²) in [6.07, 6.45) is 3.03. The molecule has 4 N–H and O–H groups in total. The average molecular weight is 581 g/mol. The molecule has 10 nitrogen and oxygen atoms in total. The summed E-state index contributed by atoms with van der Waals surface area (Å²) < 4.78 is 10.4. The van der Waals surface area contributed by atoms with Crippen molar-refractivity contribution in [2.45, 2.75) is 38.6 Å². The van der Waals surface area contributed by atoms with Crippen LogP contribution in [0, 0.1) is 0 Å². The van der Waals surface area contributed by atoms with Crippen molar-refractivity contribution in [1.82, 2.24) is 15.4 Å². The van der Waals surface area contributed by atoms with Crippen LogP contribution in [0.2, 0.25) is 5.02 Å². The number of esters is 1. The Balaban J connectivity index is 1.89. The first-order valence-corrected chi connectivity index (χ1v) is 13.4. The number of aryl methyl sites for hydroxylation is 1. The number of aromatic amines is 1. The van der Waals surface area contributed by atoms with Gasteiger partial charge in [-0.15, -0.1) is 0 Å². The Kier molecular flexibility index (Phi) is 11.5. The van der Waals surface area contributed by atoms with Crippen LogP contribution in [-0.2, 0) is 25.5 Å². The lowest BCUT2D eigenvalue weighted by Gasteiger charge is -2.30. The van der Waals surface area contributed by atoms with Gasteiger partial charge in [0.1, 0.15) is 11.4 Å². The van der Waals surface area contributed by atoms with Gasteiger partial charge in [0.2, 0.25) is 11.8 Å². The van der Waals surface area contributed by atoms with Crippen LogP contribution in [0.25, 0.3) is 11.3 Å². The van der Waals surface area contributed by atoms with E-state index in [1.165, 1.54) is 13.2 Å². The number of nitrogens with zero attached hydrogens (tertiary/aromatic N) is 1. The monoisotopic (exact) mass is 580 g/mol. The van der Waals surface area contributed by atoms with Crippen LogP contribution in [0.4, 0.5) is 0 Å². The molecule has 216 valence electrons. The zero-order valence-corrected chi connectivity index (χ0v) is 23.6. The van der Waals surface area contributed by atoms with Crippen LogP contribution < -0.4 is 15.9 Å². The van der Waals surface area contributed by atoms with Gasteiger partial charge in [0.05, 0.1) is 19.8 Å². The molecule has 0 spiro atoms. The van der Waals surface area contributed by atoms with E-state index in [-0.39, 0.29) is 31.6 Å². The average Bonchev–Trinajstić information content (AvgIpc) is 3.46. The third-order valence-corrected chi connectivity index (χ3v) is 6.34. The zero-order chi connectivity index (χ0) is 29.8. The van der Waals surface area contributed by atoms with Crippen LogP contribution in [0.3, 0.4) is 0 Å². The van der Waals surface area contributed by atoms with Gasteiger partial charge in [-0.2, -0.15) is 0 Å². The van der Waals surface area contributed by atoms with E-state index in [9.17, 15) is 19.2 Å². The molecule has 0 radical (unpaired) electrons. The fourth-order valence-corrected chi connectivity index (χ4v) is 4.25. The van der Waals surface area contributed by atoms with Gasteiger partial charge in [-0.05, 0) is 55.7 Å². The van der Waals surface area contributed by atoms with Gasteiger partial charge in [-0.25, -0.2) is 9.80 Å². The summed E-state index contributed by atoms with van der Waals surface area (Å²) in [5.41, 5.74) is 10.3. The number of nitrogens with two attached hydrogens (primary N) is 1. The molecule has 0 aliphatic rings. The third-order valence-electron chi connectivity index (χ3n) is 6.10. The predicted molar refractivity (Wildman–Crippen MR) is 155 cm³/mol. The Hall–Kier alpha value is -4.57. The maximum atomic E-state index is 13.5. The zero-order valence-electron chi connectivity index (χ0n) is 22.9. The number of aromatic nitrogens is 1. The number of methoxy groups -OCH3 is 1. The van der Waals surface area contributed by atoms with Gasteiger partial charge < -0.3 is 20.2 Å². The smallest absolute Gasteiger partial charge is 0.330 e. The van der Waals surface area contributed by atoms with Gasteiger partial charge >= 0.3 is 5.97 Å². The predicted octanol–water partition coefficient (Wildman–Crippen LogP) is 4.20. The van der Waals surface area contributed by atoms with E-state index in [0.717, 1.165) is 16.6 Å². The summed E-state index contributed by atoms with van der Waals surface area (Å²) in [4.78, 5) is 53.5. The molecule has 3 rings (SSSR count). The van der Waals surface area contributed by atoms with Crippen molar-refractivity contribution in [3.63, 3.8) is 0 Å². The van der Waals surface area contributed by atoms with E-state index >= 15 is 0 Å². The Bertz CT molecular complexity index is 1390. The number of carbonyl (C=O) groups excluding carboxylic acids is 4. The maximum absolute atomic E-state index is 13.5. The molecule has 0 saturated heterocycles. The summed E-state index contributed by atoms with van der Waals surface area (Å²) in [5.74, 6) is -1.69. The topological polar surface area (TPSA) is 144 Å². The maximum Gasteiger partial charge on any atom is 0.330 e. The lowest BCUT2D eigenvalue weighted by molar-refractivity contribution is -0.138. The van der Waals surface area contributed by atoms with Crippen molar-refractivity contribution in [3.05, 3.63) is 89.1 Å². The van der Waals surface area contributed by atoms with Crippen molar-refractivity contribution in [2.24, 2.45) is 5.73 Å². The summed E-state index contributed by atoms with van der Waals surface area (Å²) in [6, 6.07) is 16.9. The van der Waals surface area contributed by atoms with Crippen LogP contribution in [-0.4, -0.2) is 53.4 Å². The molecular weight excluding hydrogens is 548 g/mol. The molecule has 1 heterocycles. The molecular formula is C30H33ClN4O6. The quantitative estimate of drug-likeness (QED) is 0.157. The normalized spacial score (nSPS) is 11.6. The lowest BCUT2D eigenvalue weighted by atomic mass is 10.1. The van der Waals surface area contributed by atoms with Gasteiger partial charge in [0.15, 0.2) is 0 Å². The third kappa shape index (κ3) is 9.25. The van der Waals surface area contributed by atoms with Crippen molar-refractivity contribution >= 4 is 35.3 Å². The second-order valence-corrected chi connectivity index (χ2v) is 9.44. The molecule has 2 aromatic carbocycles. The summed E-state index contributed by atoms with van der Waals surface area (Å²) in [7, 11) is 1.53. The fraction of sp³-hybridized carbons (Fsp3) is 0.267. The minimum atomic E-state index is -0.860. The first-order chi connectivity index (χ1) is 19.7. The first kappa shape index (κ1) is 31.0. The number of rotatable bonds is 13. The van der Waals surface area contributed by atoms with E-state index < -0.39 is 29.7 Å². The number of ether oxygens (including phenoxy) is 2. The molecule has 0 aliphatic carbocycles. The molecule has 1 aromatic heterocycles. The van der Waals surface area contributed by atoms with Gasteiger partial charge in [-0.3, -0.25) is 19.8 Å². The van der Waals surface area contributed by atoms with Gasteiger partial charge in [0, 0.05) is 35.2 Å². The van der Waals surface area contributed by atoms with E-state index in [1.807, 2.05) is 30.3 Å². The molecule has 0 bridgehead atoms. The molecule has 3 amide bonds. The second kappa shape index (κ2) is 15.3. The Morgan fingerprint density at radius 2 is 1.83 bits per heavy atom. The van der Waals surface area contributed by atoms with Crippen molar-refractivity contribution < 1.29 is 28.7 Å². The fourth-order valence-electron chi connectivity index (χ4n) is 4.07.